The average molecular weight is 390 g/mol. The van der Waals surface area contributed by atoms with E-state index in [1.165, 1.54) is 0 Å². The number of aromatic nitrogens is 2. The highest BCUT2D eigenvalue weighted by molar-refractivity contribution is 5.84. The lowest BCUT2D eigenvalue weighted by atomic mass is 10.1. The van der Waals surface area contributed by atoms with E-state index in [1.54, 1.807) is 12.4 Å². The smallest absolute Gasteiger partial charge is 0.242 e. The molecule has 0 bridgehead atoms. The van der Waals surface area contributed by atoms with Crippen LogP contribution >= 0.6 is 0 Å². The van der Waals surface area contributed by atoms with E-state index in [2.05, 4.69) is 20.2 Å². The molecule has 3 heterocycles. The van der Waals surface area contributed by atoms with E-state index in [0.29, 0.717) is 13.2 Å². The maximum Gasteiger partial charge on any atom is 0.242 e. The molecular weight excluding hydrogens is 364 g/mol. The molecule has 1 amide bonds. The standard InChI is InChI=1S/C23H26N4O2/c1-17-9-10-18-6-4-8-20(21(18)26-17)29-15-12-25-23(28)22(27-13-2-3-14-27)19-7-5-11-24-16-19/h4-11,16,22H,2-3,12-15H2,1H3,(H,25,28)/t22-/m0/s1. The first-order valence-corrected chi connectivity index (χ1v) is 10.1. The molecule has 1 saturated heterocycles. The molecule has 1 aliphatic heterocycles. The number of para-hydroxylation sites is 1. The molecule has 1 aromatic carbocycles. The molecule has 1 N–H and O–H groups in total. The van der Waals surface area contributed by atoms with Gasteiger partial charge in [0.1, 0.15) is 23.9 Å². The van der Waals surface area contributed by atoms with E-state index in [9.17, 15) is 4.79 Å². The van der Waals surface area contributed by atoms with E-state index in [0.717, 1.165) is 53.8 Å². The van der Waals surface area contributed by atoms with Gasteiger partial charge in [0.15, 0.2) is 0 Å². The highest BCUT2D eigenvalue weighted by atomic mass is 16.5. The van der Waals surface area contributed by atoms with E-state index < -0.39 is 0 Å². The number of benzene rings is 1. The van der Waals surface area contributed by atoms with Crippen molar-refractivity contribution in [3.63, 3.8) is 0 Å². The number of hydrogen-bond acceptors (Lipinski definition) is 5. The van der Waals surface area contributed by atoms with Gasteiger partial charge in [-0.3, -0.25) is 14.7 Å². The van der Waals surface area contributed by atoms with E-state index in [4.69, 9.17) is 4.74 Å². The molecule has 1 fully saturated rings. The van der Waals surface area contributed by atoms with Crippen LogP contribution in [0.5, 0.6) is 5.75 Å². The van der Waals surface area contributed by atoms with Gasteiger partial charge in [-0.05, 0) is 56.6 Å². The normalized spacial score (nSPS) is 15.3. The molecule has 29 heavy (non-hydrogen) atoms. The second kappa shape index (κ2) is 9.01. The van der Waals surface area contributed by atoms with Gasteiger partial charge in [0.2, 0.25) is 5.91 Å². The summed E-state index contributed by atoms with van der Waals surface area (Å²) in [6, 6.07) is 13.5. The van der Waals surface area contributed by atoms with E-state index in [-0.39, 0.29) is 11.9 Å². The summed E-state index contributed by atoms with van der Waals surface area (Å²) < 4.78 is 5.93. The highest BCUT2D eigenvalue weighted by Gasteiger charge is 2.29. The third kappa shape index (κ3) is 4.54. The number of ether oxygens (including phenoxy) is 1. The summed E-state index contributed by atoms with van der Waals surface area (Å²) in [4.78, 5) is 24.0. The number of likely N-dealkylation sites (tertiary alicyclic amines) is 1. The van der Waals surface area contributed by atoms with Crippen molar-refractivity contribution < 1.29 is 9.53 Å². The zero-order chi connectivity index (χ0) is 20.1. The molecule has 4 rings (SSSR count). The fraction of sp³-hybridized carbons (Fsp3) is 0.348. The number of pyridine rings is 2. The molecule has 2 aromatic heterocycles. The Bertz CT molecular complexity index is 971. The molecule has 0 spiro atoms. The van der Waals surface area contributed by atoms with Crippen LogP contribution in [0, 0.1) is 6.92 Å². The van der Waals surface area contributed by atoms with Gasteiger partial charge >= 0.3 is 0 Å². The van der Waals surface area contributed by atoms with Crippen molar-refractivity contribution in [1.29, 1.82) is 0 Å². The van der Waals surface area contributed by atoms with Crippen LogP contribution in [0.1, 0.15) is 30.1 Å². The molecule has 1 atom stereocenters. The number of rotatable bonds is 7. The van der Waals surface area contributed by atoms with E-state index in [1.807, 2.05) is 49.4 Å². The fourth-order valence-electron chi connectivity index (χ4n) is 3.83. The number of carbonyl (C=O) groups is 1. The van der Waals surface area contributed by atoms with Crippen molar-refractivity contribution >= 4 is 16.8 Å². The molecule has 0 saturated carbocycles. The predicted molar refractivity (Wildman–Crippen MR) is 113 cm³/mol. The predicted octanol–water partition coefficient (Wildman–Crippen LogP) is 3.27. The highest BCUT2D eigenvalue weighted by Crippen LogP contribution is 2.25. The maximum absolute atomic E-state index is 13.0. The zero-order valence-electron chi connectivity index (χ0n) is 16.7. The maximum atomic E-state index is 13.0. The summed E-state index contributed by atoms with van der Waals surface area (Å²) in [7, 11) is 0. The molecule has 0 aliphatic carbocycles. The number of nitrogens with one attached hydrogen (secondary N) is 1. The Hall–Kier alpha value is -2.99. The van der Waals surface area contributed by atoms with Crippen LogP contribution in [0.15, 0.2) is 54.9 Å². The Balaban J connectivity index is 1.38. The van der Waals surface area contributed by atoms with Crippen molar-refractivity contribution in [2.45, 2.75) is 25.8 Å². The minimum absolute atomic E-state index is 0.00427. The molecule has 6 heteroatoms. The lowest BCUT2D eigenvalue weighted by molar-refractivity contribution is -0.126. The van der Waals surface area contributed by atoms with Crippen molar-refractivity contribution in [2.24, 2.45) is 0 Å². The van der Waals surface area contributed by atoms with Gasteiger partial charge in [0, 0.05) is 23.5 Å². The Morgan fingerprint density at radius 3 is 2.83 bits per heavy atom. The van der Waals surface area contributed by atoms with E-state index >= 15 is 0 Å². The largest absolute Gasteiger partial charge is 0.489 e. The summed E-state index contributed by atoms with van der Waals surface area (Å²) in [6.45, 7) is 4.66. The molecule has 1 aliphatic rings. The molecule has 3 aromatic rings. The van der Waals surface area contributed by atoms with Crippen LogP contribution in [0.25, 0.3) is 10.9 Å². The Labute approximate surface area is 170 Å². The molecular formula is C23H26N4O2. The number of carbonyl (C=O) groups excluding carboxylic acids is 1. The summed E-state index contributed by atoms with van der Waals surface area (Å²) in [5.74, 6) is 0.735. The van der Waals surface area contributed by atoms with Crippen LogP contribution < -0.4 is 10.1 Å². The summed E-state index contributed by atoms with van der Waals surface area (Å²) >= 11 is 0. The third-order valence-electron chi connectivity index (χ3n) is 5.24. The number of amides is 1. The second-order valence-corrected chi connectivity index (χ2v) is 7.35. The Morgan fingerprint density at radius 1 is 1.17 bits per heavy atom. The van der Waals surface area contributed by atoms with Crippen molar-refractivity contribution in [3.05, 3.63) is 66.1 Å². The molecule has 150 valence electrons. The average Bonchev–Trinajstić information content (AvgIpc) is 3.26. The topological polar surface area (TPSA) is 67.3 Å². The van der Waals surface area contributed by atoms with Gasteiger partial charge in [-0.15, -0.1) is 0 Å². The van der Waals surface area contributed by atoms with Gasteiger partial charge < -0.3 is 10.1 Å². The van der Waals surface area contributed by atoms with Gasteiger partial charge in [0.05, 0.1) is 6.54 Å². The quantitative estimate of drug-likeness (QED) is 0.627. The first-order chi connectivity index (χ1) is 14.2. The number of nitrogens with zero attached hydrogens (tertiary/aromatic N) is 3. The number of fused-ring (bicyclic) bond motifs is 1. The van der Waals surface area contributed by atoms with Crippen molar-refractivity contribution in [2.75, 3.05) is 26.2 Å². The van der Waals surface area contributed by atoms with Crippen molar-refractivity contribution in [1.82, 2.24) is 20.2 Å². The van der Waals surface area contributed by atoms with Crippen molar-refractivity contribution in [3.8, 4) is 5.75 Å². The van der Waals surface area contributed by atoms with Crippen LogP contribution in [-0.4, -0.2) is 47.0 Å². The Kier molecular flexibility index (Phi) is 6.00. The minimum atomic E-state index is -0.298. The molecule has 0 unspecified atom stereocenters. The van der Waals surface area contributed by atoms with Gasteiger partial charge in [0.25, 0.3) is 0 Å². The Morgan fingerprint density at radius 2 is 2.03 bits per heavy atom. The lowest BCUT2D eigenvalue weighted by Crippen LogP contribution is -2.40. The molecule has 6 nitrogen and oxygen atoms in total. The lowest BCUT2D eigenvalue weighted by Gasteiger charge is -2.26. The first-order valence-electron chi connectivity index (χ1n) is 10.1. The second-order valence-electron chi connectivity index (χ2n) is 7.35. The van der Waals surface area contributed by atoms with Crippen LogP contribution in [-0.2, 0) is 4.79 Å². The zero-order valence-corrected chi connectivity index (χ0v) is 16.7. The number of hydrogen-bond donors (Lipinski definition) is 1. The fourth-order valence-corrected chi connectivity index (χ4v) is 3.83. The third-order valence-corrected chi connectivity index (χ3v) is 5.24. The minimum Gasteiger partial charge on any atom is -0.489 e. The van der Waals surface area contributed by atoms with Crippen LogP contribution in [0.3, 0.4) is 0 Å². The summed E-state index contributed by atoms with van der Waals surface area (Å²) in [5, 5.41) is 4.08. The summed E-state index contributed by atoms with van der Waals surface area (Å²) in [5.41, 5.74) is 2.73. The molecule has 0 radical (unpaired) electrons. The van der Waals surface area contributed by atoms with Gasteiger partial charge in [-0.2, -0.15) is 0 Å². The monoisotopic (exact) mass is 390 g/mol. The van der Waals surface area contributed by atoms with Crippen LogP contribution in [0.4, 0.5) is 0 Å². The van der Waals surface area contributed by atoms with Gasteiger partial charge in [-0.1, -0.05) is 24.3 Å². The number of aryl methyl sites for hydroxylation is 1. The summed E-state index contributed by atoms with van der Waals surface area (Å²) in [6.07, 6.45) is 5.76. The first kappa shape index (κ1) is 19.3. The SMILES string of the molecule is Cc1ccc2cccc(OCCNC(=O)[C@H](c3cccnc3)N3CCCC3)c2n1. The van der Waals surface area contributed by atoms with Gasteiger partial charge in [-0.25, -0.2) is 4.98 Å². The van der Waals surface area contributed by atoms with Crippen LogP contribution in [0.2, 0.25) is 0 Å².